The van der Waals surface area contributed by atoms with Crippen molar-refractivity contribution in [2.45, 2.75) is 19.4 Å². The fraction of sp³-hybridized carbons (Fsp3) is 0.417. The first-order valence-electron chi connectivity index (χ1n) is 5.37. The number of amides is 1. The average molecular weight is 284 g/mol. The van der Waals surface area contributed by atoms with Crippen LogP contribution in [0.15, 0.2) is 24.3 Å². The molecule has 0 radical (unpaired) electrons. The van der Waals surface area contributed by atoms with E-state index >= 15 is 0 Å². The van der Waals surface area contributed by atoms with Crippen molar-refractivity contribution in [1.29, 1.82) is 0 Å². The Morgan fingerprint density at radius 3 is 2.69 bits per heavy atom. The Morgan fingerprint density at radius 2 is 2.19 bits per heavy atom. The zero-order chi connectivity index (χ0) is 11.5. The van der Waals surface area contributed by atoms with Gasteiger partial charge in [0.1, 0.15) is 6.04 Å². The summed E-state index contributed by atoms with van der Waals surface area (Å²) in [5.41, 5.74) is 0. The lowest BCUT2D eigenvalue weighted by molar-refractivity contribution is -0.412. The van der Waals surface area contributed by atoms with E-state index in [9.17, 15) is 4.79 Å². The van der Waals surface area contributed by atoms with E-state index in [0.29, 0.717) is 12.3 Å². The molecule has 0 spiro atoms. The number of ether oxygens (including phenoxy) is 1. The maximum atomic E-state index is 11.9. The first-order chi connectivity index (χ1) is 7.76. The highest BCUT2D eigenvalue weighted by Crippen LogP contribution is 2.21. The van der Waals surface area contributed by atoms with Crippen LogP contribution in [0.2, 0.25) is 0 Å². The van der Waals surface area contributed by atoms with E-state index in [1.54, 1.807) is 4.58 Å². The van der Waals surface area contributed by atoms with Gasteiger partial charge >= 0.3 is 5.91 Å². The summed E-state index contributed by atoms with van der Waals surface area (Å²) in [6.07, 6.45) is 9.97. The number of alkyl halides is 1. The van der Waals surface area contributed by atoms with E-state index in [2.05, 4.69) is 28.1 Å². The molecule has 1 amide bonds. The lowest BCUT2D eigenvalue weighted by Crippen LogP contribution is -2.27. The van der Waals surface area contributed by atoms with Gasteiger partial charge in [0.2, 0.25) is 0 Å². The quantitative estimate of drug-likeness (QED) is 0.451. The van der Waals surface area contributed by atoms with Crippen LogP contribution in [0.4, 0.5) is 0 Å². The van der Waals surface area contributed by atoms with E-state index < -0.39 is 0 Å². The minimum atomic E-state index is -0.316. The summed E-state index contributed by atoms with van der Waals surface area (Å²) in [7, 11) is 0. The maximum Gasteiger partial charge on any atom is 0.370 e. The molecule has 0 aromatic heterocycles. The van der Waals surface area contributed by atoms with E-state index in [4.69, 9.17) is 4.74 Å². The zero-order valence-corrected chi connectivity index (χ0v) is 10.7. The van der Waals surface area contributed by atoms with Gasteiger partial charge in [-0.1, -0.05) is 35.0 Å². The van der Waals surface area contributed by atoms with E-state index in [1.807, 2.05) is 19.1 Å². The molecule has 0 bridgehead atoms. The van der Waals surface area contributed by atoms with Crippen molar-refractivity contribution in [3.63, 3.8) is 0 Å². The van der Waals surface area contributed by atoms with Gasteiger partial charge in [-0.2, -0.15) is 4.58 Å². The van der Waals surface area contributed by atoms with E-state index in [1.165, 1.54) is 6.40 Å². The van der Waals surface area contributed by atoms with Crippen molar-refractivity contribution in [3.8, 4) is 0 Å². The van der Waals surface area contributed by atoms with Gasteiger partial charge in [-0.3, -0.25) is 4.79 Å². The standard InChI is InChI=1S/C12H14BrNO2/c1-2-11-12(15)14(8-16-11)10-5-3-9(7-13)4-6-10/h3-6,8-9,11H,2,7H2,1H3. The van der Waals surface area contributed by atoms with Crippen LogP contribution in [0.1, 0.15) is 13.3 Å². The molecule has 1 aliphatic heterocycles. The van der Waals surface area contributed by atoms with E-state index in [-0.39, 0.29) is 12.0 Å². The Hall–Kier alpha value is -1.03. The van der Waals surface area contributed by atoms with Crippen LogP contribution >= 0.6 is 15.9 Å². The molecular weight excluding hydrogens is 270 g/mol. The van der Waals surface area contributed by atoms with Crippen LogP contribution in [0.5, 0.6) is 0 Å². The average Bonchev–Trinajstić information content (AvgIpc) is 2.70. The Kier molecular flexibility index (Phi) is 3.49. The lowest BCUT2D eigenvalue weighted by Gasteiger charge is -2.16. The van der Waals surface area contributed by atoms with Gasteiger partial charge in [0.25, 0.3) is 6.40 Å². The zero-order valence-electron chi connectivity index (χ0n) is 9.10. The molecule has 4 heteroatoms. The van der Waals surface area contributed by atoms with Crippen molar-refractivity contribution in [2.24, 2.45) is 5.92 Å². The number of carbonyl (C=O) groups excluding carboxylic acids is 1. The van der Waals surface area contributed by atoms with Crippen molar-refractivity contribution in [1.82, 2.24) is 0 Å². The number of hydrogen-bond acceptors (Lipinski definition) is 2. The van der Waals surface area contributed by atoms with Crippen molar-refractivity contribution in [3.05, 3.63) is 30.3 Å². The molecule has 16 heavy (non-hydrogen) atoms. The molecular formula is C12H14BrNO2. The first kappa shape index (κ1) is 11.5. The van der Waals surface area contributed by atoms with Gasteiger partial charge in [-0.25, -0.2) is 0 Å². The van der Waals surface area contributed by atoms with Crippen molar-refractivity contribution in [2.75, 3.05) is 5.33 Å². The Bertz CT molecular complexity index is 359. The molecule has 0 N–H and O–H groups in total. The normalized spacial score (nSPS) is 24.9. The predicted octanol–water partition coefficient (Wildman–Crippen LogP) is 2.03. The Labute approximate surface area is 104 Å². The third-order valence-corrected chi connectivity index (χ3v) is 3.45. The van der Waals surface area contributed by atoms with Gasteiger partial charge in [0.15, 0.2) is 6.10 Å². The highest BCUT2D eigenvalue weighted by Gasteiger charge is 2.34. The Morgan fingerprint density at radius 1 is 1.50 bits per heavy atom. The molecule has 1 atom stereocenters. The number of nitrogens with zero attached hydrogens (tertiary/aromatic N) is 1. The molecule has 2 aliphatic rings. The van der Waals surface area contributed by atoms with Gasteiger partial charge < -0.3 is 4.74 Å². The van der Waals surface area contributed by atoms with Crippen molar-refractivity contribution < 1.29 is 14.1 Å². The summed E-state index contributed by atoms with van der Waals surface area (Å²) in [5.74, 6) is 0.424. The molecule has 0 aromatic carbocycles. The molecule has 1 aliphatic carbocycles. The fourth-order valence-electron chi connectivity index (χ4n) is 1.69. The lowest BCUT2D eigenvalue weighted by atomic mass is 10.0. The molecule has 0 fully saturated rings. The minimum absolute atomic E-state index is 0.0177. The van der Waals surface area contributed by atoms with Crippen LogP contribution in [-0.4, -0.2) is 28.3 Å². The third kappa shape index (κ3) is 2.07. The Balaban J connectivity index is 2.06. The summed E-state index contributed by atoms with van der Waals surface area (Å²) in [6, 6.07) is 0.873. The molecule has 1 heterocycles. The number of rotatable bonds is 3. The maximum absolute atomic E-state index is 11.9. The van der Waals surface area contributed by atoms with Gasteiger partial charge in [-0.15, -0.1) is 12.2 Å². The minimum Gasteiger partial charge on any atom is -0.474 e. The summed E-state index contributed by atoms with van der Waals surface area (Å²) < 4.78 is 6.86. The number of hydrogen-bond donors (Lipinski definition) is 0. The van der Waals surface area contributed by atoms with Crippen LogP contribution < -0.4 is 0 Å². The number of allylic oxidation sites excluding steroid dienone is 2. The van der Waals surface area contributed by atoms with Crippen LogP contribution in [0.3, 0.4) is 0 Å². The van der Waals surface area contributed by atoms with Crippen LogP contribution in [0.25, 0.3) is 0 Å². The third-order valence-electron chi connectivity index (χ3n) is 2.70. The molecule has 0 saturated carbocycles. The summed E-state index contributed by atoms with van der Waals surface area (Å²) in [4.78, 5) is 11.9. The SMILES string of the molecule is CCC1OC=[N+]([C-]2C=CC(CBr)C=C2)C1=O. The molecule has 86 valence electrons. The number of halogens is 1. The molecule has 0 aromatic rings. The van der Waals surface area contributed by atoms with Gasteiger partial charge in [-0.05, 0) is 12.3 Å². The van der Waals surface area contributed by atoms with Crippen molar-refractivity contribution >= 4 is 28.2 Å². The summed E-state index contributed by atoms with van der Waals surface area (Å²) in [6.45, 7) is 1.94. The first-order valence-corrected chi connectivity index (χ1v) is 6.49. The summed E-state index contributed by atoms with van der Waals surface area (Å²) in [5, 5.41) is 0.902. The fourth-order valence-corrected chi connectivity index (χ4v) is 2.12. The molecule has 3 nitrogen and oxygen atoms in total. The second-order valence-corrected chi connectivity index (χ2v) is 4.46. The smallest absolute Gasteiger partial charge is 0.370 e. The van der Waals surface area contributed by atoms with Gasteiger partial charge in [0, 0.05) is 5.33 Å². The monoisotopic (exact) mass is 283 g/mol. The predicted molar refractivity (Wildman–Crippen MR) is 65.3 cm³/mol. The number of carbonyl (C=O) groups is 1. The highest BCUT2D eigenvalue weighted by molar-refractivity contribution is 9.09. The van der Waals surface area contributed by atoms with E-state index in [0.717, 1.165) is 11.4 Å². The molecule has 2 rings (SSSR count). The van der Waals surface area contributed by atoms with Crippen LogP contribution in [0, 0.1) is 12.0 Å². The molecule has 1 unspecified atom stereocenters. The largest absolute Gasteiger partial charge is 0.474 e. The topological polar surface area (TPSA) is 29.3 Å². The second-order valence-electron chi connectivity index (χ2n) is 3.81. The molecule has 0 saturated heterocycles. The van der Waals surface area contributed by atoms with Gasteiger partial charge in [0.05, 0.1) is 0 Å². The highest BCUT2D eigenvalue weighted by atomic mass is 79.9. The summed E-state index contributed by atoms with van der Waals surface area (Å²) >= 11 is 3.42. The van der Waals surface area contributed by atoms with Crippen LogP contribution in [-0.2, 0) is 9.53 Å². The second kappa shape index (κ2) is 4.87.